The highest BCUT2D eigenvalue weighted by atomic mass is 35.5. The molecule has 0 aliphatic rings. The molecule has 3 nitrogen and oxygen atoms in total. The van der Waals surface area contributed by atoms with Crippen molar-refractivity contribution in [1.29, 1.82) is 0 Å². The van der Waals surface area contributed by atoms with Gasteiger partial charge in [0.05, 0.1) is 5.56 Å². The monoisotopic (exact) mass is 321 g/mol. The van der Waals surface area contributed by atoms with E-state index in [2.05, 4.69) is 0 Å². The third kappa shape index (κ3) is 4.34. The third-order valence-corrected chi connectivity index (χ3v) is 3.35. The first-order chi connectivity index (χ1) is 10.1. The quantitative estimate of drug-likeness (QED) is 0.650. The van der Waals surface area contributed by atoms with Crippen molar-refractivity contribution in [3.8, 4) is 11.5 Å². The van der Waals surface area contributed by atoms with Crippen molar-refractivity contribution in [3.63, 3.8) is 0 Å². The van der Waals surface area contributed by atoms with Gasteiger partial charge in [0, 0.05) is 5.02 Å². The van der Waals surface area contributed by atoms with Gasteiger partial charge in [0.25, 0.3) is 0 Å². The smallest absolute Gasteiger partial charge is 0.129 e. The van der Waals surface area contributed by atoms with Crippen LogP contribution in [0.1, 0.15) is 11.1 Å². The molecule has 0 unspecified atom stereocenters. The number of nitrogens with two attached hydrogens (primary N) is 1. The van der Waals surface area contributed by atoms with E-state index in [9.17, 15) is 0 Å². The maximum absolute atomic E-state index is 5.92. The van der Waals surface area contributed by atoms with E-state index in [1.807, 2.05) is 31.2 Å². The summed E-state index contributed by atoms with van der Waals surface area (Å²) in [5, 5.41) is 0.571. The van der Waals surface area contributed by atoms with Crippen LogP contribution in [-0.2, 0) is 0 Å². The number of hydrogen-bond donors (Lipinski definition) is 1. The Kier molecular flexibility index (Phi) is 5.42. The van der Waals surface area contributed by atoms with Crippen LogP contribution in [0, 0.1) is 6.92 Å². The highest BCUT2D eigenvalue weighted by Crippen LogP contribution is 2.23. The molecule has 0 fully saturated rings. The summed E-state index contributed by atoms with van der Waals surface area (Å²) in [6, 6.07) is 13.0. The Morgan fingerprint density at radius 2 is 1.76 bits per heavy atom. The molecule has 2 aromatic carbocycles. The van der Waals surface area contributed by atoms with Gasteiger partial charge in [0.15, 0.2) is 0 Å². The lowest BCUT2D eigenvalue weighted by Gasteiger charge is -2.12. The number of thiocarbonyl (C=S) groups is 1. The predicted molar refractivity (Wildman–Crippen MR) is 89.5 cm³/mol. The van der Waals surface area contributed by atoms with Crippen molar-refractivity contribution in [3.05, 3.63) is 58.6 Å². The average molecular weight is 322 g/mol. The molecule has 0 radical (unpaired) electrons. The van der Waals surface area contributed by atoms with Crippen molar-refractivity contribution in [2.45, 2.75) is 6.92 Å². The maximum atomic E-state index is 5.92. The van der Waals surface area contributed by atoms with Crippen LogP contribution < -0.4 is 15.2 Å². The topological polar surface area (TPSA) is 44.5 Å². The molecule has 0 bridgehead atoms. The molecule has 21 heavy (non-hydrogen) atoms. The number of halogens is 1. The molecule has 0 saturated carbocycles. The van der Waals surface area contributed by atoms with Crippen LogP contribution in [0.2, 0.25) is 5.02 Å². The zero-order valence-corrected chi connectivity index (χ0v) is 13.2. The zero-order chi connectivity index (χ0) is 15.2. The molecular formula is C16H16ClNO2S. The van der Waals surface area contributed by atoms with E-state index < -0.39 is 0 Å². The molecule has 2 rings (SSSR count). The Bertz CT molecular complexity index is 646. The molecule has 0 atom stereocenters. The largest absolute Gasteiger partial charge is 0.490 e. The van der Waals surface area contributed by atoms with Gasteiger partial charge < -0.3 is 15.2 Å². The van der Waals surface area contributed by atoms with Crippen LogP contribution in [0.5, 0.6) is 11.5 Å². The summed E-state index contributed by atoms with van der Waals surface area (Å²) in [5.74, 6) is 1.46. The SMILES string of the molecule is Cc1ccccc1OCCOc1ccc(Cl)cc1C(N)=S. The second-order valence-corrected chi connectivity index (χ2v) is 5.34. The summed E-state index contributed by atoms with van der Waals surface area (Å²) < 4.78 is 11.3. The molecule has 5 heteroatoms. The maximum Gasteiger partial charge on any atom is 0.129 e. The molecule has 0 spiro atoms. The third-order valence-electron chi connectivity index (χ3n) is 2.90. The van der Waals surface area contributed by atoms with Gasteiger partial charge in [-0.15, -0.1) is 0 Å². The molecule has 0 saturated heterocycles. The van der Waals surface area contributed by atoms with E-state index in [0.717, 1.165) is 11.3 Å². The Labute approximate surface area is 134 Å². The van der Waals surface area contributed by atoms with Crippen LogP contribution >= 0.6 is 23.8 Å². The Morgan fingerprint density at radius 1 is 1.10 bits per heavy atom. The van der Waals surface area contributed by atoms with E-state index >= 15 is 0 Å². The Morgan fingerprint density at radius 3 is 2.43 bits per heavy atom. The van der Waals surface area contributed by atoms with Crippen LogP contribution in [-0.4, -0.2) is 18.2 Å². The van der Waals surface area contributed by atoms with Gasteiger partial charge in [0.2, 0.25) is 0 Å². The first kappa shape index (κ1) is 15.6. The minimum absolute atomic E-state index is 0.257. The Hall–Kier alpha value is -1.78. The lowest BCUT2D eigenvalue weighted by Crippen LogP contribution is -2.14. The van der Waals surface area contributed by atoms with Crippen molar-refractivity contribution in [1.82, 2.24) is 0 Å². The molecule has 0 aromatic heterocycles. The molecular weight excluding hydrogens is 306 g/mol. The number of benzene rings is 2. The fourth-order valence-corrected chi connectivity index (χ4v) is 2.17. The van der Waals surface area contributed by atoms with Gasteiger partial charge in [-0.05, 0) is 36.8 Å². The van der Waals surface area contributed by atoms with E-state index in [1.165, 1.54) is 0 Å². The Balaban J connectivity index is 1.92. The van der Waals surface area contributed by atoms with E-state index in [-0.39, 0.29) is 4.99 Å². The van der Waals surface area contributed by atoms with Crippen molar-refractivity contribution < 1.29 is 9.47 Å². The summed E-state index contributed by atoms with van der Waals surface area (Å²) in [6.07, 6.45) is 0. The minimum atomic E-state index is 0.257. The van der Waals surface area contributed by atoms with Crippen LogP contribution in [0.25, 0.3) is 0 Å². The van der Waals surface area contributed by atoms with Crippen molar-refractivity contribution in [2.75, 3.05) is 13.2 Å². The van der Waals surface area contributed by atoms with Gasteiger partial charge in [-0.2, -0.15) is 0 Å². The van der Waals surface area contributed by atoms with Gasteiger partial charge in [-0.1, -0.05) is 42.0 Å². The molecule has 110 valence electrons. The zero-order valence-electron chi connectivity index (χ0n) is 11.6. The molecule has 0 heterocycles. The van der Waals surface area contributed by atoms with Crippen LogP contribution in [0.15, 0.2) is 42.5 Å². The first-order valence-electron chi connectivity index (χ1n) is 6.48. The van der Waals surface area contributed by atoms with E-state index in [4.69, 9.17) is 39.0 Å². The van der Waals surface area contributed by atoms with Crippen LogP contribution in [0.4, 0.5) is 0 Å². The van der Waals surface area contributed by atoms with Gasteiger partial charge in [-0.25, -0.2) is 0 Å². The lowest BCUT2D eigenvalue weighted by atomic mass is 10.2. The summed E-state index contributed by atoms with van der Waals surface area (Å²) in [5.41, 5.74) is 7.38. The van der Waals surface area contributed by atoms with Crippen LogP contribution in [0.3, 0.4) is 0 Å². The van der Waals surface area contributed by atoms with Gasteiger partial charge in [0.1, 0.15) is 29.7 Å². The summed E-state index contributed by atoms with van der Waals surface area (Å²) in [6.45, 7) is 2.83. The average Bonchev–Trinajstić information content (AvgIpc) is 2.46. The fraction of sp³-hybridized carbons (Fsp3) is 0.188. The fourth-order valence-electron chi connectivity index (χ4n) is 1.84. The second kappa shape index (κ2) is 7.29. The number of rotatable bonds is 6. The molecule has 0 aliphatic heterocycles. The second-order valence-electron chi connectivity index (χ2n) is 4.47. The predicted octanol–water partition coefficient (Wildman–Crippen LogP) is 3.74. The number of hydrogen-bond acceptors (Lipinski definition) is 3. The highest BCUT2D eigenvalue weighted by molar-refractivity contribution is 7.80. The highest BCUT2D eigenvalue weighted by Gasteiger charge is 2.07. The molecule has 0 amide bonds. The molecule has 2 N–H and O–H groups in total. The summed E-state index contributed by atoms with van der Waals surface area (Å²) in [7, 11) is 0. The first-order valence-corrected chi connectivity index (χ1v) is 7.27. The van der Waals surface area contributed by atoms with E-state index in [1.54, 1.807) is 18.2 Å². The molecule has 2 aromatic rings. The summed E-state index contributed by atoms with van der Waals surface area (Å²) >= 11 is 10.9. The standard InChI is InChI=1S/C16H16ClNO2S/c1-11-4-2-3-5-14(11)19-8-9-20-15-7-6-12(17)10-13(15)16(18)21/h2-7,10H,8-9H2,1H3,(H2,18,21). The van der Waals surface area contributed by atoms with Crippen molar-refractivity contribution in [2.24, 2.45) is 5.73 Å². The van der Waals surface area contributed by atoms with Crippen molar-refractivity contribution >= 4 is 28.8 Å². The lowest BCUT2D eigenvalue weighted by molar-refractivity contribution is 0.216. The summed E-state index contributed by atoms with van der Waals surface area (Å²) in [4.78, 5) is 0.257. The number of aryl methyl sites for hydroxylation is 1. The van der Waals surface area contributed by atoms with Gasteiger partial charge >= 0.3 is 0 Å². The van der Waals surface area contributed by atoms with Gasteiger partial charge in [-0.3, -0.25) is 0 Å². The number of ether oxygens (including phenoxy) is 2. The number of para-hydroxylation sites is 1. The van der Waals surface area contributed by atoms with E-state index in [0.29, 0.717) is 29.5 Å². The minimum Gasteiger partial charge on any atom is -0.490 e. The molecule has 0 aliphatic carbocycles. The normalized spacial score (nSPS) is 10.2.